The molecule has 23 heavy (non-hydrogen) atoms. The third kappa shape index (κ3) is 2.45. The van der Waals surface area contributed by atoms with Crippen LogP contribution in [0.25, 0.3) is 28.0 Å². The summed E-state index contributed by atoms with van der Waals surface area (Å²) in [5.41, 5.74) is 14.5. The number of benzene rings is 2. The molecular formula is C18H20N4O. The standard InChI is InChI=1S/C18H20N4O/c1-2-22-15-7-4-3-6-12(15)18(23)16-14(21-11-5-10-19)9-8-13(20)17(16)22/h2-4,6-9,21H,1,5,10-11,19-20H2. The van der Waals surface area contributed by atoms with Gasteiger partial charge in [0, 0.05) is 23.8 Å². The van der Waals surface area contributed by atoms with E-state index in [0.29, 0.717) is 35.1 Å². The van der Waals surface area contributed by atoms with Crippen LogP contribution in [0.1, 0.15) is 6.42 Å². The van der Waals surface area contributed by atoms with Crippen molar-refractivity contribution in [1.29, 1.82) is 0 Å². The number of nitrogens with two attached hydrogens (primary N) is 2. The van der Waals surface area contributed by atoms with E-state index in [9.17, 15) is 4.79 Å². The molecule has 3 rings (SSSR count). The Morgan fingerprint density at radius 2 is 2.00 bits per heavy atom. The monoisotopic (exact) mass is 308 g/mol. The maximum absolute atomic E-state index is 13.0. The number of fused-ring (bicyclic) bond motifs is 2. The number of hydrogen-bond acceptors (Lipinski definition) is 4. The van der Waals surface area contributed by atoms with Gasteiger partial charge in [0.2, 0.25) is 0 Å². The second-order valence-corrected chi connectivity index (χ2v) is 5.39. The molecule has 118 valence electrons. The topological polar surface area (TPSA) is 86.1 Å². The zero-order chi connectivity index (χ0) is 16.4. The number of nitrogens with one attached hydrogen (secondary N) is 1. The molecule has 5 N–H and O–H groups in total. The second kappa shape index (κ2) is 6.14. The van der Waals surface area contributed by atoms with Gasteiger partial charge in [-0.1, -0.05) is 18.7 Å². The summed E-state index contributed by atoms with van der Waals surface area (Å²) in [6, 6.07) is 11.1. The quantitative estimate of drug-likeness (QED) is 0.384. The molecule has 0 bridgehead atoms. The predicted molar refractivity (Wildman–Crippen MR) is 98.7 cm³/mol. The molecule has 3 aromatic rings. The summed E-state index contributed by atoms with van der Waals surface area (Å²) >= 11 is 0. The molecule has 1 heterocycles. The number of nitrogens with zero attached hydrogens (tertiary/aromatic N) is 1. The van der Waals surface area contributed by atoms with Crippen molar-refractivity contribution in [2.24, 2.45) is 5.73 Å². The number of pyridine rings is 1. The first-order chi connectivity index (χ1) is 11.2. The summed E-state index contributed by atoms with van der Waals surface area (Å²) in [5, 5.41) is 4.52. The van der Waals surface area contributed by atoms with Crippen molar-refractivity contribution in [2.45, 2.75) is 6.42 Å². The van der Waals surface area contributed by atoms with Gasteiger partial charge in [0.05, 0.1) is 22.1 Å². The molecule has 0 aliphatic heterocycles. The molecular weight excluding hydrogens is 288 g/mol. The lowest BCUT2D eigenvalue weighted by atomic mass is 10.1. The fourth-order valence-electron chi connectivity index (χ4n) is 2.89. The van der Waals surface area contributed by atoms with Gasteiger partial charge < -0.3 is 21.4 Å². The Hall–Kier alpha value is -2.79. The van der Waals surface area contributed by atoms with Gasteiger partial charge in [0.1, 0.15) is 0 Å². The van der Waals surface area contributed by atoms with Gasteiger partial charge in [0.15, 0.2) is 5.43 Å². The Morgan fingerprint density at radius 3 is 2.74 bits per heavy atom. The van der Waals surface area contributed by atoms with E-state index in [2.05, 4.69) is 11.9 Å². The zero-order valence-electron chi connectivity index (χ0n) is 12.9. The highest BCUT2D eigenvalue weighted by atomic mass is 16.1. The Balaban J connectivity index is 2.41. The minimum absolute atomic E-state index is 0.0313. The van der Waals surface area contributed by atoms with Crippen LogP contribution in [0.4, 0.5) is 11.4 Å². The van der Waals surface area contributed by atoms with Crippen LogP contribution in [0, 0.1) is 0 Å². The van der Waals surface area contributed by atoms with E-state index in [4.69, 9.17) is 11.5 Å². The smallest absolute Gasteiger partial charge is 0.199 e. The first-order valence-corrected chi connectivity index (χ1v) is 7.61. The first-order valence-electron chi connectivity index (χ1n) is 7.61. The molecule has 0 unspecified atom stereocenters. The largest absolute Gasteiger partial charge is 0.397 e. The van der Waals surface area contributed by atoms with Gasteiger partial charge in [0.25, 0.3) is 0 Å². The third-order valence-corrected chi connectivity index (χ3v) is 3.96. The van der Waals surface area contributed by atoms with Gasteiger partial charge >= 0.3 is 0 Å². The average molecular weight is 308 g/mol. The fourth-order valence-corrected chi connectivity index (χ4v) is 2.89. The van der Waals surface area contributed by atoms with Crippen molar-refractivity contribution in [2.75, 3.05) is 24.1 Å². The Bertz CT molecular complexity index is 943. The number of hydrogen-bond donors (Lipinski definition) is 3. The maximum atomic E-state index is 13.0. The van der Waals surface area contributed by atoms with Crippen molar-refractivity contribution in [3.05, 3.63) is 53.2 Å². The van der Waals surface area contributed by atoms with E-state index >= 15 is 0 Å². The van der Waals surface area contributed by atoms with Crippen LogP contribution in [-0.2, 0) is 0 Å². The molecule has 0 spiro atoms. The van der Waals surface area contributed by atoms with Crippen molar-refractivity contribution in [3.63, 3.8) is 0 Å². The summed E-state index contributed by atoms with van der Waals surface area (Å²) in [5.74, 6) is 0. The first kappa shape index (κ1) is 15.1. The van der Waals surface area contributed by atoms with Crippen LogP contribution >= 0.6 is 0 Å². The number of aromatic nitrogens is 1. The molecule has 0 amide bonds. The lowest BCUT2D eigenvalue weighted by molar-refractivity contribution is 0.875. The number of nitrogen functional groups attached to an aromatic ring is 1. The van der Waals surface area contributed by atoms with Gasteiger partial charge in [-0.3, -0.25) is 4.79 Å². The Morgan fingerprint density at radius 1 is 1.22 bits per heavy atom. The number of para-hydroxylation sites is 1. The van der Waals surface area contributed by atoms with Gasteiger partial charge in [-0.05, 0) is 37.2 Å². The van der Waals surface area contributed by atoms with Crippen molar-refractivity contribution >= 4 is 39.4 Å². The third-order valence-electron chi connectivity index (χ3n) is 3.96. The molecule has 0 atom stereocenters. The maximum Gasteiger partial charge on any atom is 0.199 e. The highest BCUT2D eigenvalue weighted by molar-refractivity contribution is 6.06. The van der Waals surface area contributed by atoms with Crippen LogP contribution in [0.2, 0.25) is 0 Å². The Labute approximate surface area is 134 Å². The summed E-state index contributed by atoms with van der Waals surface area (Å²) in [6.07, 6.45) is 2.51. The van der Waals surface area contributed by atoms with Crippen LogP contribution < -0.4 is 22.2 Å². The van der Waals surface area contributed by atoms with Crippen LogP contribution in [-0.4, -0.2) is 17.7 Å². The predicted octanol–water partition coefficient (Wildman–Crippen LogP) is 2.60. The van der Waals surface area contributed by atoms with Crippen molar-refractivity contribution in [1.82, 2.24) is 4.57 Å². The van der Waals surface area contributed by atoms with E-state index in [-0.39, 0.29) is 5.43 Å². The van der Waals surface area contributed by atoms with Crippen LogP contribution in [0.15, 0.2) is 47.8 Å². The molecule has 0 saturated heterocycles. The summed E-state index contributed by atoms with van der Waals surface area (Å²) in [6.45, 7) is 5.18. The SMILES string of the molecule is C=Cn1c2ccccc2c(=O)c2c(NCCCN)ccc(N)c21. The van der Waals surface area contributed by atoms with Crippen LogP contribution in [0.3, 0.4) is 0 Å². The lowest BCUT2D eigenvalue weighted by Crippen LogP contribution is -2.14. The molecule has 5 nitrogen and oxygen atoms in total. The van der Waals surface area contributed by atoms with E-state index in [1.165, 1.54) is 0 Å². The van der Waals surface area contributed by atoms with Crippen molar-refractivity contribution < 1.29 is 0 Å². The van der Waals surface area contributed by atoms with E-state index in [1.54, 1.807) is 12.3 Å². The molecule has 1 aromatic heterocycles. The normalized spacial score (nSPS) is 11.0. The molecule has 0 fully saturated rings. The minimum Gasteiger partial charge on any atom is -0.397 e. The van der Waals surface area contributed by atoms with Gasteiger partial charge in [-0.2, -0.15) is 0 Å². The summed E-state index contributed by atoms with van der Waals surface area (Å²) in [7, 11) is 0. The second-order valence-electron chi connectivity index (χ2n) is 5.39. The number of anilines is 2. The average Bonchev–Trinajstić information content (AvgIpc) is 2.58. The zero-order valence-corrected chi connectivity index (χ0v) is 12.9. The molecule has 0 aliphatic carbocycles. The lowest BCUT2D eigenvalue weighted by Gasteiger charge is -2.16. The molecule has 0 saturated carbocycles. The van der Waals surface area contributed by atoms with Crippen LogP contribution in [0.5, 0.6) is 0 Å². The Kier molecular flexibility index (Phi) is 4.04. The summed E-state index contributed by atoms with van der Waals surface area (Å²) in [4.78, 5) is 13.0. The van der Waals surface area contributed by atoms with E-state index in [1.807, 2.05) is 34.9 Å². The van der Waals surface area contributed by atoms with E-state index in [0.717, 1.165) is 17.6 Å². The molecule has 0 radical (unpaired) electrons. The minimum atomic E-state index is -0.0313. The van der Waals surface area contributed by atoms with Gasteiger partial charge in [-0.15, -0.1) is 0 Å². The number of rotatable bonds is 5. The fraction of sp³-hybridized carbons (Fsp3) is 0.167. The molecule has 0 aliphatic rings. The van der Waals surface area contributed by atoms with Crippen molar-refractivity contribution in [3.8, 4) is 0 Å². The summed E-state index contributed by atoms with van der Waals surface area (Å²) < 4.78 is 1.87. The molecule has 5 heteroatoms. The highest BCUT2D eigenvalue weighted by Crippen LogP contribution is 2.29. The van der Waals surface area contributed by atoms with Gasteiger partial charge in [-0.25, -0.2) is 0 Å². The molecule has 2 aromatic carbocycles. The highest BCUT2D eigenvalue weighted by Gasteiger charge is 2.14. The van der Waals surface area contributed by atoms with E-state index < -0.39 is 0 Å².